The van der Waals surface area contributed by atoms with Gasteiger partial charge in [-0.15, -0.1) is 13.2 Å². The van der Waals surface area contributed by atoms with Crippen molar-refractivity contribution in [3.8, 4) is 51.0 Å². The minimum Gasteiger partial charge on any atom is -0.497 e. The molecule has 21 nitrogen and oxygen atoms in total. The first-order valence-corrected chi connectivity index (χ1v) is 31.8. The van der Waals surface area contributed by atoms with Crippen LogP contribution in [-0.2, 0) is 43.0 Å². The van der Waals surface area contributed by atoms with E-state index < -0.39 is 6.36 Å². The van der Waals surface area contributed by atoms with Crippen molar-refractivity contribution in [2.75, 3.05) is 147 Å². The van der Waals surface area contributed by atoms with Crippen molar-refractivity contribution in [2.45, 2.75) is 72.1 Å². The SMILES string of the molecule is CC(=O)COC(=O)CCCN1CCN(c2cccc(-c3cccc(OC(F)(F)F)c3)n2)CC1.CCC(=O)COC(=O)CCCN1CCN(c2cccc(-c3ccc(OC)cc3)n2)CC1.COc1ccc(-c2cccc(N3CCN(CCCC(=O)OCC(C)=O)CC3)n2)cc1. The summed E-state index contributed by atoms with van der Waals surface area (Å²) in [4.78, 5) is 95.8. The van der Waals surface area contributed by atoms with Gasteiger partial charge in [0.2, 0.25) is 0 Å². The fourth-order valence-electron chi connectivity index (χ4n) is 10.4. The van der Waals surface area contributed by atoms with Gasteiger partial charge in [0, 0.05) is 121 Å². The summed E-state index contributed by atoms with van der Waals surface area (Å²) in [5, 5.41) is 0. The van der Waals surface area contributed by atoms with Crippen LogP contribution in [0.5, 0.6) is 17.2 Å². The monoisotopic (exact) mass is 1300 g/mol. The van der Waals surface area contributed by atoms with Crippen LogP contribution in [0.2, 0.25) is 0 Å². The number of carbonyl (C=O) groups excluding carboxylic acids is 6. The maximum atomic E-state index is 12.5. The molecule has 0 N–H and O–H groups in total. The molecule has 0 aliphatic carbocycles. The lowest BCUT2D eigenvalue weighted by Crippen LogP contribution is -2.47. The molecule has 6 aromatic rings. The van der Waals surface area contributed by atoms with E-state index in [1.54, 1.807) is 33.3 Å². The zero-order valence-electron chi connectivity index (χ0n) is 54.4. The standard InChI is InChI=1S/C24H31N3O4.C23H26F3N3O4.C23H29N3O4/c1-3-20(28)18-31-24(29)8-5-13-26-14-16-27(17-15-26)23-7-4-6-22(25-23)19-9-11-21(30-2)12-10-19;1-17(30)16-32-22(31)9-4-10-28-11-13-29(14-12-28)21-8-3-7-20(27-21)18-5-2-6-19(15-18)33-23(24,25)26;1-18(27)17-30-23(28)7-4-12-25-13-15-26(16-14-25)22-6-3-5-21(24-22)19-8-10-20(29-2)11-9-19/h4,6-7,9-12H,3,5,8,13-18H2,1-2H3;2-3,5-8,15H,4,9-14,16H2,1H3;3,5-6,8-11H,4,7,12-17H2,1-2H3. The number of carbonyl (C=O) groups is 6. The van der Waals surface area contributed by atoms with Gasteiger partial charge < -0.3 is 43.1 Å². The Morgan fingerprint density at radius 3 is 1.10 bits per heavy atom. The summed E-state index contributed by atoms with van der Waals surface area (Å²) >= 11 is 0. The van der Waals surface area contributed by atoms with E-state index >= 15 is 0 Å². The average Bonchev–Trinajstić information content (AvgIpc) is 0.873. The predicted octanol–water partition coefficient (Wildman–Crippen LogP) is 9.65. The Bertz CT molecular complexity index is 3370. The largest absolute Gasteiger partial charge is 0.573 e. The Labute approximate surface area is 548 Å². The molecule has 94 heavy (non-hydrogen) atoms. The number of aromatic nitrogens is 3. The van der Waals surface area contributed by atoms with E-state index in [1.807, 2.05) is 91.0 Å². The number of hydrogen-bond donors (Lipinski definition) is 0. The number of esters is 3. The summed E-state index contributed by atoms with van der Waals surface area (Å²) in [6.45, 7) is 17.0. The normalized spacial score (nSPS) is 14.5. The number of hydrogen-bond acceptors (Lipinski definition) is 21. The van der Waals surface area contributed by atoms with Crippen LogP contribution < -0.4 is 28.9 Å². The number of Topliss-reactive ketones (excluding diaryl/α,β-unsaturated/α-hetero) is 3. The second kappa shape index (κ2) is 37.6. The third-order valence-corrected chi connectivity index (χ3v) is 15.7. The highest BCUT2D eigenvalue weighted by molar-refractivity contribution is 5.82. The molecule has 0 amide bonds. The molecule has 9 rings (SSSR count). The van der Waals surface area contributed by atoms with Gasteiger partial charge in [-0.1, -0.05) is 37.3 Å². The Hall–Kier alpha value is -9.00. The van der Waals surface area contributed by atoms with Gasteiger partial charge in [0.15, 0.2) is 17.3 Å². The van der Waals surface area contributed by atoms with Gasteiger partial charge in [0.05, 0.1) is 31.3 Å². The zero-order valence-corrected chi connectivity index (χ0v) is 54.4. The first-order chi connectivity index (χ1) is 45.3. The van der Waals surface area contributed by atoms with Gasteiger partial charge >= 0.3 is 24.3 Å². The molecule has 3 aromatic heterocycles. The fraction of sp³-hybridized carbons (Fsp3) is 0.443. The number of halogens is 3. The summed E-state index contributed by atoms with van der Waals surface area (Å²) in [6, 6.07) is 39.3. The highest BCUT2D eigenvalue weighted by atomic mass is 19.4. The van der Waals surface area contributed by atoms with Gasteiger partial charge in [-0.05, 0) is 150 Å². The molecule has 0 unspecified atom stereocenters. The number of ketones is 3. The van der Waals surface area contributed by atoms with E-state index in [0.29, 0.717) is 36.9 Å². The van der Waals surface area contributed by atoms with E-state index in [0.717, 1.165) is 162 Å². The Morgan fingerprint density at radius 2 is 0.766 bits per heavy atom. The number of ether oxygens (including phenoxy) is 6. The molecular weight excluding hydrogens is 1220 g/mol. The average molecular weight is 1300 g/mol. The molecule has 3 aliphatic heterocycles. The van der Waals surface area contributed by atoms with E-state index in [9.17, 15) is 41.9 Å². The maximum Gasteiger partial charge on any atom is 0.573 e. The van der Waals surface area contributed by atoms with Crippen LogP contribution in [0.25, 0.3) is 33.8 Å². The molecule has 3 aliphatic rings. The van der Waals surface area contributed by atoms with Crippen LogP contribution in [0.3, 0.4) is 0 Å². The highest BCUT2D eigenvalue weighted by Crippen LogP contribution is 2.30. The lowest BCUT2D eigenvalue weighted by Gasteiger charge is -2.35. The summed E-state index contributed by atoms with van der Waals surface area (Å²) in [5.41, 5.74) is 5.12. The number of nitrogens with zero attached hydrogens (tertiary/aromatic N) is 9. The quantitative estimate of drug-likeness (QED) is 0.0330. The van der Waals surface area contributed by atoms with Crippen molar-refractivity contribution in [2.24, 2.45) is 0 Å². The van der Waals surface area contributed by atoms with Gasteiger partial charge in [0.1, 0.15) is 54.5 Å². The number of rotatable bonds is 28. The molecule has 0 saturated carbocycles. The molecule has 24 heteroatoms. The lowest BCUT2D eigenvalue weighted by molar-refractivity contribution is -0.274. The number of methoxy groups -OCH3 is 2. The van der Waals surface area contributed by atoms with Gasteiger partial charge in [-0.2, -0.15) is 0 Å². The molecule has 0 bridgehead atoms. The molecule has 3 saturated heterocycles. The van der Waals surface area contributed by atoms with E-state index in [1.165, 1.54) is 32.0 Å². The van der Waals surface area contributed by atoms with Crippen molar-refractivity contribution < 1.29 is 70.4 Å². The topological polar surface area (TPSA) is 216 Å². The molecule has 0 atom stereocenters. The van der Waals surface area contributed by atoms with Crippen LogP contribution in [0, 0.1) is 0 Å². The van der Waals surface area contributed by atoms with Crippen molar-refractivity contribution in [3.05, 3.63) is 127 Å². The Morgan fingerprint density at radius 1 is 0.426 bits per heavy atom. The van der Waals surface area contributed by atoms with Crippen LogP contribution in [0.1, 0.15) is 65.7 Å². The molecule has 6 heterocycles. The van der Waals surface area contributed by atoms with Crippen molar-refractivity contribution in [1.29, 1.82) is 0 Å². The van der Waals surface area contributed by atoms with Crippen LogP contribution in [0.15, 0.2) is 127 Å². The van der Waals surface area contributed by atoms with E-state index in [2.05, 4.69) is 45.2 Å². The highest BCUT2D eigenvalue weighted by Gasteiger charge is 2.31. The Balaban J connectivity index is 0.000000200. The first-order valence-electron chi connectivity index (χ1n) is 31.8. The summed E-state index contributed by atoms with van der Waals surface area (Å²) < 4.78 is 66.7. The summed E-state index contributed by atoms with van der Waals surface area (Å²) in [6.07, 6.45) is -1.25. The van der Waals surface area contributed by atoms with Crippen molar-refractivity contribution in [3.63, 3.8) is 0 Å². The molecule has 504 valence electrons. The van der Waals surface area contributed by atoms with Crippen molar-refractivity contribution in [1.82, 2.24) is 29.7 Å². The molecule has 0 spiro atoms. The van der Waals surface area contributed by atoms with Crippen LogP contribution in [0.4, 0.5) is 30.6 Å². The van der Waals surface area contributed by atoms with Crippen molar-refractivity contribution >= 4 is 52.7 Å². The first kappa shape index (κ1) is 72.4. The molecule has 3 fully saturated rings. The second-order valence-corrected chi connectivity index (χ2v) is 22.8. The number of pyridine rings is 3. The van der Waals surface area contributed by atoms with Gasteiger partial charge in [-0.3, -0.25) is 43.5 Å². The number of benzene rings is 3. The summed E-state index contributed by atoms with van der Waals surface area (Å²) in [5.74, 6) is 2.77. The predicted molar refractivity (Wildman–Crippen MR) is 352 cm³/mol. The van der Waals surface area contributed by atoms with Gasteiger partial charge in [-0.25, -0.2) is 15.0 Å². The molecule has 0 radical (unpaired) electrons. The van der Waals surface area contributed by atoms with E-state index in [4.69, 9.17) is 33.7 Å². The van der Waals surface area contributed by atoms with Crippen LogP contribution >= 0.6 is 0 Å². The number of anilines is 3. The smallest absolute Gasteiger partial charge is 0.497 e. The third-order valence-electron chi connectivity index (χ3n) is 15.7. The third kappa shape index (κ3) is 25.1. The minimum absolute atomic E-state index is 0.0471. The zero-order chi connectivity index (χ0) is 67.2. The Kier molecular flexibility index (Phi) is 29.0. The van der Waals surface area contributed by atoms with Gasteiger partial charge in [0.25, 0.3) is 0 Å². The molecular formula is C70H86F3N9O12. The molecule has 3 aromatic carbocycles. The maximum absolute atomic E-state index is 12.5. The number of alkyl halides is 3. The van der Waals surface area contributed by atoms with Crippen LogP contribution in [-0.4, -0.2) is 203 Å². The van der Waals surface area contributed by atoms with E-state index in [-0.39, 0.29) is 67.2 Å². The summed E-state index contributed by atoms with van der Waals surface area (Å²) in [7, 11) is 3.32. The number of piperazine rings is 3. The minimum atomic E-state index is -4.75. The lowest BCUT2D eigenvalue weighted by atomic mass is 10.1. The fourth-order valence-corrected chi connectivity index (χ4v) is 10.4. The second-order valence-electron chi connectivity index (χ2n) is 22.8.